The molecule has 0 saturated heterocycles. The van der Waals surface area contributed by atoms with Gasteiger partial charge in [0.25, 0.3) is 5.91 Å². The van der Waals surface area contributed by atoms with E-state index >= 15 is 0 Å². The van der Waals surface area contributed by atoms with Crippen molar-refractivity contribution in [3.63, 3.8) is 0 Å². The van der Waals surface area contributed by atoms with Crippen molar-refractivity contribution in [2.75, 3.05) is 19.8 Å². The fourth-order valence-electron chi connectivity index (χ4n) is 3.62. The van der Waals surface area contributed by atoms with E-state index in [4.69, 9.17) is 9.47 Å². The maximum absolute atomic E-state index is 12.5. The lowest BCUT2D eigenvalue weighted by Crippen LogP contribution is -2.32. The molecule has 0 spiro atoms. The van der Waals surface area contributed by atoms with Crippen LogP contribution in [-0.2, 0) is 4.79 Å². The zero-order chi connectivity index (χ0) is 25.5. The number of aromatic nitrogens is 4. The number of hydrogen-bond acceptors (Lipinski definition) is 7. The summed E-state index contributed by atoms with van der Waals surface area (Å²) in [5.74, 6) is 1.14. The molecule has 0 radical (unpaired) electrons. The molecular weight excluding hydrogens is 470 g/mol. The van der Waals surface area contributed by atoms with Crippen molar-refractivity contribution in [3.05, 3.63) is 108 Å². The van der Waals surface area contributed by atoms with E-state index < -0.39 is 0 Å². The van der Waals surface area contributed by atoms with Crippen molar-refractivity contribution in [1.82, 2.24) is 25.1 Å². The second-order valence-corrected chi connectivity index (χ2v) is 8.04. The molecule has 9 heteroatoms. The van der Waals surface area contributed by atoms with Crippen molar-refractivity contribution in [3.8, 4) is 23.0 Å². The predicted molar refractivity (Wildman–Crippen MR) is 137 cm³/mol. The Bertz CT molecular complexity index is 1500. The Balaban J connectivity index is 1.07. The van der Waals surface area contributed by atoms with Crippen molar-refractivity contribution in [2.24, 2.45) is 0 Å². The fourth-order valence-corrected chi connectivity index (χ4v) is 3.62. The topological polar surface area (TPSA) is 108 Å². The van der Waals surface area contributed by atoms with E-state index in [1.807, 2.05) is 48.5 Å². The average molecular weight is 494 g/mol. The molecule has 9 nitrogen and oxygen atoms in total. The van der Waals surface area contributed by atoms with Gasteiger partial charge in [0, 0.05) is 22.8 Å². The molecule has 2 aromatic heterocycles. The number of carbonyl (C=O) groups excluding carboxylic acids is 2. The van der Waals surface area contributed by atoms with Gasteiger partial charge in [0.15, 0.2) is 23.9 Å². The smallest absolute Gasteiger partial charge is 0.258 e. The number of rotatable bonds is 10. The first-order chi connectivity index (χ1) is 18.2. The van der Waals surface area contributed by atoms with E-state index in [2.05, 4.69) is 20.6 Å². The molecule has 3 aromatic carbocycles. The number of ketones is 1. The van der Waals surface area contributed by atoms with E-state index in [0.717, 1.165) is 5.56 Å². The Kier molecular flexibility index (Phi) is 7.12. The quantitative estimate of drug-likeness (QED) is 0.234. The Morgan fingerprint density at radius 2 is 1.46 bits per heavy atom. The first-order valence-electron chi connectivity index (χ1n) is 11.7. The standard InChI is InChI=1S/C28H23N5O4/c34-25(19-37-23-13-11-21(12-14-23)27(35)20-7-3-1-4-8-20)29-17-18-36-26-16-15-24-30-31-28(33(24)32-26)22-9-5-2-6-10-22/h1-16H,17-19H2,(H,29,34). The normalized spacial score (nSPS) is 10.7. The fraction of sp³-hybridized carbons (Fsp3) is 0.107. The van der Waals surface area contributed by atoms with Crippen molar-refractivity contribution >= 4 is 17.3 Å². The van der Waals surface area contributed by atoms with Crippen molar-refractivity contribution < 1.29 is 19.1 Å². The molecule has 37 heavy (non-hydrogen) atoms. The largest absolute Gasteiger partial charge is 0.484 e. The van der Waals surface area contributed by atoms with Gasteiger partial charge < -0.3 is 14.8 Å². The molecule has 2 heterocycles. The van der Waals surface area contributed by atoms with Gasteiger partial charge in [-0.05, 0) is 30.3 Å². The van der Waals surface area contributed by atoms with E-state index in [1.165, 1.54) is 0 Å². The highest BCUT2D eigenvalue weighted by Gasteiger charge is 2.11. The second-order valence-electron chi connectivity index (χ2n) is 8.04. The molecule has 0 unspecified atom stereocenters. The molecule has 0 aliphatic rings. The van der Waals surface area contributed by atoms with Crippen LogP contribution >= 0.6 is 0 Å². The molecule has 0 fully saturated rings. The molecule has 0 atom stereocenters. The summed E-state index contributed by atoms with van der Waals surface area (Å²) < 4.78 is 12.8. The number of fused-ring (bicyclic) bond motifs is 1. The van der Waals surface area contributed by atoms with Crippen LogP contribution in [0.25, 0.3) is 17.0 Å². The van der Waals surface area contributed by atoms with Gasteiger partial charge in [-0.1, -0.05) is 60.7 Å². The molecule has 5 aromatic rings. The summed E-state index contributed by atoms with van der Waals surface area (Å²) in [6.45, 7) is 0.348. The molecule has 1 amide bonds. The molecule has 0 bridgehead atoms. The van der Waals surface area contributed by atoms with Gasteiger partial charge in [-0.15, -0.1) is 15.3 Å². The van der Waals surface area contributed by atoms with Gasteiger partial charge in [-0.2, -0.15) is 4.52 Å². The summed E-state index contributed by atoms with van der Waals surface area (Å²) in [5.41, 5.74) is 2.67. The Morgan fingerprint density at radius 3 is 2.22 bits per heavy atom. The second kappa shape index (κ2) is 11.1. The van der Waals surface area contributed by atoms with E-state index in [-0.39, 0.29) is 31.4 Å². The maximum atomic E-state index is 12.5. The zero-order valence-electron chi connectivity index (χ0n) is 19.8. The van der Waals surface area contributed by atoms with Crippen molar-refractivity contribution in [1.29, 1.82) is 0 Å². The van der Waals surface area contributed by atoms with Crippen LogP contribution in [0, 0.1) is 0 Å². The summed E-state index contributed by atoms with van der Waals surface area (Å²) >= 11 is 0. The molecule has 0 aliphatic heterocycles. The third-order valence-electron chi connectivity index (χ3n) is 5.47. The van der Waals surface area contributed by atoms with Crippen LogP contribution in [0.5, 0.6) is 11.6 Å². The third-order valence-corrected chi connectivity index (χ3v) is 5.47. The Labute approximate surface area is 212 Å². The molecular formula is C28H23N5O4. The lowest BCUT2D eigenvalue weighted by Gasteiger charge is -2.09. The number of hydrogen-bond donors (Lipinski definition) is 1. The predicted octanol–water partition coefficient (Wildman–Crippen LogP) is 3.60. The van der Waals surface area contributed by atoms with E-state index in [0.29, 0.717) is 34.2 Å². The van der Waals surface area contributed by atoms with Crippen LogP contribution < -0.4 is 14.8 Å². The summed E-state index contributed by atoms with van der Waals surface area (Å²) in [4.78, 5) is 24.6. The maximum Gasteiger partial charge on any atom is 0.258 e. The first kappa shape index (κ1) is 23.7. The van der Waals surface area contributed by atoms with Crippen LogP contribution in [-0.4, -0.2) is 51.3 Å². The average Bonchev–Trinajstić information content (AvgIpc) is 3.38. The summed E-state index contributed by atoms with van der Waals surface area (Å²) in [6, 6.07) is 28.9. The van der Waals surface area contributed by atoms with Crippen LogP contribution in [0.4, 0.5) is 0 Å². The summed E-state index contributed by atoms with van der Waals surface area (Å²) in [5, 5.41) is 15.5. The van der Waals surface area contributed by atoms with Gasteiger partial charge in [0.2, 0.25) is 5.88 Å². The summed E-state index contributed by atoms with van der Waals surface area (Å²) in [6.07, 6.45) is 0. The highest BCUT2D eigenvalue weighted by molar-refractivity contribution is 6.09. The number of benzene rings is 3. The number of amides is 1. The van der Waals surface area contributed by atoms with Gasteiger partial charge in [-0.25, -0.2) is 0 Å². The van der Waals surface area contributed by atoms with Gasteiger partial charge in [-0.3, -0.25) is 9.59 Å². The van der Waals surface area contributed by atoms with Crippen LogP contribution in [0.2, 0.25) is 0 Å². The minimum Gasteiger partial charge on any atom is -0.484 e. The first-order valence-corrected chi connectivity index (χ1v) is 11.7. The van der Waals surface area contributed by atoms with E-state index in [9.17, 15) is 9.59 Å². The lowest BCUT2D eigenvalue weighted by atomic mass is 10.0. The van der Waals surface area contributed by atoms with Gasteiger partial charge >= 0.3 is 0 Å². The van der Waals surface area contributed by atoms with Crippen molar-refractivity contribution in [2.45, 2.75) is 0 Å². The monoisotopic (exact) mass is 493 g/mol. The number of nitrogens with one attached hydrogen (secondary N) is 1. The highest BCUT2D eigenvalue weighted by Crippen LogP contribution is 2.19. The summed E-state index contributed by atoms with van der Waals surface area (Å²) in [7, 11) is 0. The zero-order valence-corrected chi connectivity index (χ0v) is 19.8. The number of ether oxygens (including phenoxy) is 2. The van der Waals surface area contributed by atoms with Crippen LogP contribution in [0.15, 0.2) is 97.1 Å². The Morgan fingerprint density at radius 1 is 0.757 bits per heavy atom. The number of nitrogens with zero attached hydrogens (tertiary/aromatic N) is 4. The number of carbonyl (C=O) groups is 2. The van der Waals surface area contributed by atoms with E-state index in [1.54, 1.807) is 53.0 Å². The SMILES string of the molecule is O=C(COc1ccc(C(=O)c2ccccc2)cc1)NCCOc1ccc2nnc(-c3ccccc3)n2n1. The van der Waals surface area contributed by atoms with Gasteiger partial charge in [0.05, 0.1) is 6.54 Å². The highest BCUT2D eigenvalue weighted by atomic mass is 16.5. The molecule has 0 aliphatic carbocycles. The molecule has 0 saturated carbocycles. The molecule has 5 rings (SSSR count). The van der Waals surface area contributed by atoms with Crippen LogP contribution in [0.1, 0.15) is 15.9 Å². The molecule has 184 valence electrons. The van der Waals surface area contributed by atoms with Gasteiger partial charge in [0.1, 0.15) is 12.4 Å². The minimum atomic E-state index is -0.290. The minimum absolute atomic E-state index is 0.0703. The lowest BCUT2D eigenvalue weighted by molar-refractivity contribution is -0.123. The third kappa shape index (κ3) is 5.79. The molecule has 1 N–H and O–H groups in total. The Hall–Kier alpha value is -5.05. The van der Waals surface area contributed by atoms with Crippen LogP contribution in [0.3, 0.4) is 0 Å².